The quantitative estimate of drug-likeness (QED) is 0.773. The number of rotatable bonds is 6. The number of ether oxygens (including phenoxy) is 1. The Hall–Kier alpha value is -3.17. The standard InChI is InChI=1S/C20H21F3N4O3/c1-4-24-18(28)17-14-9-27(19(29)13(14)5-6-25-17)12(3)15-7-11(2)16(8-26-15)30-10-20(21,22)23/h5-8,12H,4,9-10H2,1-3H3,(H,24,28). The van der Waals surface area contributed by atoms with Crippen molar-refractivity contribution in [1.29, 1.82) is 0 Å². The highest BCUT2D eigenvalue weighted by Crippen LogP contribution is 2.33. The van der Waals surface area contributed by atoms with Crippen molar-refractivity contribution in [2.75, 3.05) is 13.2 Å². The molecule has 0 saturated carbocycles. The average molecular weight is 422 g/mol. The molecule has 1 N–H and O–H groups in total. The van der Waals surface area contributed by atoms with Gasteiger partial charge in [-0.15, -0.1) is 0 Å². The molecule has 1 atom stereocenters. The van der Waals surface area contributed by atoms with E-state index in [1.807, 2.05) is 0 Å². The van der Waals surface area contributed by atoms with E-state index < -0.39 is 18.8 Å². The first-order chi connectivity index (χ1) is 14.1. The van der Waals surface area contributed by atoms with Crippen LogP contribution in [-0.4, -0.2) is 46.0 Å². The van der Waals surface area contributed by atoms with Crippen LogP contribution in [0.25, 0.3) is 0 Å². The summed E-state index contributed by atoms with van der Waals surface area (Å²) in [5, 5.41) is 2.68. The molecule has 3 rings (SSSR count). The van der Waals surface area contributed by atoms with Gasteiger partial charge in [-0.05, 0) is 38.5 Å². The van der Waals surface area contributed by atoms with Crippen LogP contribution in [0.15, 0.2) is 24.5 Å². The summed E-state index contributed by atoms with van der Waals surface area (Å²) in [6.07, 6.45) is -1.80. The van der Waals surface area contributed by atoms with Gasteiger partial charge in [-0.3, -0.25) is 19.6 Å². The Morgan fingerprint density at radius 1 is 1.37 bits per heavy atom. The van der Waals surface area contributed by atoms with Crippen molar-refractivity contribution in [3.8, 4) is 5.75 Å². The second kappa shape index (κ2) is 8.29. The highest BCUT2D eigenvalue weighted by atomic mass is 19.4. The molecule has 160 valence electrons. The minimum Gasteiger partial charge on any atom is -0.482 e. The zero-order chi connectivity index (χ0) is 22.1. The summed E-state index contributed by atoms with van der Waals surface area (Å²) in [6.45, 7) is 4.38. The number of amides is 2. The number of hydrogen-bond acceptors (Lipinski definition) is 5. The molecule has 30 heavy (non-hydrogen) atoms. The lowest BCUT2D eigenvalue weighted by atomic mass is 10.1. The smallest absolute Gasteiger partial charge is 0.422 e. The maximum Gasteiger partial charge on any atom is 0.422 e. The molecule has 3 heterocycles. The molecule has 1 aliphatic heterocycles. The summed E-state index contributed by atoms with van der Waals surface area (Å²) in [7, 11) is 0. The molecule has 10 heteroatoms. The molecule has 2 amide bonds. The largest absolute Gasteiger partial charge is 0.482 e. The third-order valence-electron chi connectivity index (χ3n) is 4.80. The van der Waals surface area contributed by atoms with E-state index >= 15 is 0 Å². The lowest BCUT2D eigenvalue weighted by molar-refractivity contribution is -0.153. The van der Waals surface area contributed by atoms with Crippen LogP contribution in [0, 0.1) is 6.92 Å². The molecule has 2 aromatic heterocycles. The van der Waals surface area contributed by atoms with Crippen LogP contribution in [0.2, 0.25) is 0 Å². The SMILES string of the molecule is CCNC(=O)c1nccc2c1CN(C(C)c1cc(C)c(OCC(F)(F)F)cn1)C2=O. The molecular weight excluding hydrogens is 401 g/mol. The summed E-state index contributed by atoms with van der Waals surface area (Å²) >= 11 is 0. The maximum absolute atomic E-state index is 12.9. The summed E-state index contributed by atoms with van der Waals surface area (Å²) in [4.78, 5) is 35.0. The van der Waals surface area contributed by atoms with E-state index in [1.54, 1.807) is 37.8 Å². The number of carbonyl (C=O) groups excluding carboxylic acids is 2. The van der Waals surface area contributed by atoms with Crippen LogP contribution in [-0.2, 0) is 6.54 Å². The van der Waals surface area contributed by atoms with Gasteiger partial charge in [0.2, 0.25) is 0 Å². The van der Waals surface area contributed by atoms with Crippen LogP contribution < -0.4 is 10.1 Å². The maximum atomic E-state index is 12.9. The molecule has 0 saturated heterocycles. The topological polar surface area (TPSA) is 84.4 Å². The van der Waals surface area contributed by atoms with Gasteiger partial charge < -0.3 is 15.0 Å². The van der Waals surface area contributed by atoms with Crippen molar-refractivity contribution in [2.24, 2.45) is 0 Å². The highest BCUT2D eigenvalue weighted by molar-refractivity contribution is 6.03. The first-order valence-electron chi connectivity index (χ1n) is 9.35. The Kier molecular flexibility index (Phi) is 5.95. The molecule has 0 aromatic carbocycles. The van der Waals surface area contributed by atoms with E-state index in [0.29, 0.717) is 28.9 Å². The second-order valence-electron chi connectivity index (χ2n) is 6.93. The average Bonchev–Trinajstić information content (AvgIpc) is 3.02. The molecule has 1 aliphatic rings. The fraction of sp³-hybridized carbons (Fsp3) is 0.400. The Balaban J connectivity index is 1.81. The van der Waals surface area contributed by atoms with Crippen molar-refractivity contribution < 1.29 is 27.5 Å². The fourth-order valence-electron chi connectivity index (χ4n) is 3.27. The number of carbonyl (C=O) groups is 2. The number of alkyl halides is 3. The van der Waals surface area contributed by atoms with E-state index in [-0.39, 0.29) is 29.8 Å². The molecule has 0 fully saturated rings. The molecule has 2 aromatic rings. The van der Waals surface area contributed by atoms with Crippen LogP contribution in [0.5, 0.6) is 5.75 Å². The van der Waals surface area contributed by atoms with Gasteiger partial charge in [-0.25, -0.2) is 0 Å². The van der Waals surface area contributed by atoms with Crippen LogP contribution in [0.4, 0.5) is 13.2 Å². The van der Waals surface area contributed by atoms with Crippen molar-refractivity contribution >= 4 is 11.8 Å². The van der Waals surface area contributed by atoms with E-state index in [9.17, 15) is 22.8 Å². The lowest BCUT2D eigenvalue weighted by Crippen LogP contribution is -2.28. The number of aryl methyl sites for hydroxylation is 1. The molecule has 0 spiro atoms. The Morgan fingerprint density at radius 3 is 2.73 bits per heavy atom. The van der Waals surface area contributed by atoms with Crippen LogP contribution in [0.1, 0.15) is 57.6 Å². The first kappa shape index (κ1) is 21.5. The Labute approximate surface area is 171 Å². The van der Waals surface area contributed by atoms with Crippen molar-refractivity contribution in [3.05, 3.63) is 52.6 Å². The number of halogens is 3. The van der Waals surface area contributed by atoms with E-state index in [2.05, 4.69) is 15.3 Å². The van der Waals surface area contributed by atoms with Crippen molar-refractivity contribution in [2.45, 2.75) is 39.5 Å². The number of fused-ring (bicyclic) bond motifs is 1. The van der Waals surface area contributed by atoms with Gasteiger partial charge in [0.25, 0.3) is 11.8 Å². The minimum atomic E-state index is -4.44. The second-order valence-corrected chi connectivity index (χ2v) is 6.93. The third kappa shape index (κ3) is 4.37. The molecule has 0 radical (unpaired) electrons. The fourth-order valence-corrected chi connectivity index (χ4v) is 3.27. The highest BCUT2D eigenvalue weighted by Gasteiger charge is 2.35. The summed E-state index contributed by atoms with van der Waals surface area (Å²) in [5.74, 6) is -0.582. The predicted octanol–water partition coefficient (Wildman–Crippen LogP) is 3.19. The van der Waals surface area contributed by atoms with Crippen LogP contribution >= 0.6 is 0 Å². The zero-order valence-corrected chi connectivity index (χ0v) is 16.7. The van der Waals surface area contributed by atoms with Crippen LogP contribution in [0.3, 0.4) is 0 Å². The molecular formula is C20H21F3N4O3. The van der Waals surface area contributed by atoms with Gasteiger partial charge in [-0.1, -0.05) is 0 Å². The van der Waals surface area contributed by atoms with Gasteiger partial charge in [0, 0.05) is 30.4 Å². The zero-order valence-electron chi connectivity index (χ0n) is 16.7. The lowest BCUT2D eigenvalue weighted by Gasteiger charge is -2.24. The number of pyridine rings is 2. The number of nitrogens with zero attached hydrogens (tertiary/aromatic N) is 3. The Bertz CT molecular complexity index is 978. The molecule has 0 aliphatic carbocycles. The van der Waals surface area contributed by atoms with Gasteiger partial charge in [0.1, 0.15) is 11.4 Å². The monoisotopic (exact) mass is 422 g/mol. The first-order valence-corrected chi connectivity index (χ1v) is 9.35. The normalized spacial score (nSPS) is 14.5. The number of aromatic nitrogens is 2. The number of nitrogens with one attached hydrogen (secondary N) is 1. The van der Waals surface area contributed by atoms with Gasteiger partial charge in [0.15, 0.2) is 6.61 Å². The van der Waals surface area contributed by atoms with E-state index in [1.165, 1.54) is 12.4 Å². The van der Waals surface area contributed by atoms with Crippen molar-refractivity contribution in [3.63, 3.8) is 0 Å². The van der Waals surface area contributed by atoms with Gasteiger partial charge in [-0.2, -0.15) is 13.2 Å². The predicted molar refractivity (Wildman–Crippen MR) is 101 cm³/mol. The van der Waals surface area contributed by atoms with E-state index in [4.69, 9.17) is 4.74 Å². The number of hydrogen-bond donors (Lipinski definition) is 1. The Morgan fingerprint density at radius 2 is 2.10 bits per heavy atom. The third-order valence-corrected chi connectivity index (χ3v) is 4.80. The van der Waals surface area contributed by atoms with Crippen molar-refractivity contribution in [1.82, 2.24) is 20.2 Å². The summed E-state index contributed by atoms with van der Waals surface area (Å²) in [5.41, 5.74) is 2.13. The molecule has 1 unspecified atom stereocenters. The molecule has 0 bridgehead atoms. The summed E-state index contributed by atoms with van der Waals surface area (Å²) < 4.78 is 41.9. The molecule has 7 nitrogen and oxygen atoms in total. The van der Waals surface area contributed by atoms with Gasteiger partial charge in [0.05, 0.1) is 17.9 Å². The van der Waals surface area contributed by atoms with E-state index in [0.717, 1.165) is 0 Å². The minimum absolute atomic E-state index is 0.0297. The van der Waals surface area contributed by atoms with Gasteiger partial charge >= 0.3 is 6.18 Å². The summed E-state index contributed by atoms with van der Waals surface area (Å²) in [6, 6.07) is 2.69.